The van der Waals surface area contributed by atoms with Crippen LogP contribution in [-0.4, -0.2) is 86.4 Å². The molecule has 4 unspecified atom stereocenters. The summed E-state index contributed by atoms with van der Waals surface area (Å²) >= 11 is 0. The van der Waals surface area contributed by atoms with E-state index in [2.05, 4.69) is 17.1 Å². The van der Waals surface area contributed by atoms with E-state index in [1.54, 1.807) is 0 Å². The Morgan fingerprint density at radius 1 is 1.14 bits per heavy atom. The lowest BCUT2D eigenvalue weighted by Crippen LogP contribution is -2.60. The number of aliphatic hydroxyl groups excluding tert-OH is 4. The summed E-state index contributed by atoms with van der Waals surface area (Å²) in [6.07, 6.45) is -4.15. The summed E-state index contributed by atoms with van der Waals surface area (Å²) in [5.74, 6) is -0.381. The lowest BCUT2D eigenvalue weighted by molar-refractivity contribution is -0.342. The van der Waals surface area contributed by atoms with Crippen molar-refractivity contribution in [2.45, 2.75) is 69.2 Å². The molecule has 1 aromatic carbocycles. The van der Waals surface area contributed by atoms with Crippen LogP contribution in [0.5, 0.6) is 0 Å². The van der Waals surface area contributed by atoms with Crippen LogP contribution in [0.1, 0.15) is 37.1 Å². The average Bonchev–Trinajstić information content (AvgIpc) is 3.28. The van der Waals surface area contributed by atoms with E-state index in [4.69, 9.17) is 14.2 Å². The van der Waals surface area contributed by atoms with Gasteiger partial charge in [-0.1, -0.05) is 25.1 Å². The van der Waals surface area contributed by atoms with Crippen molar-refractivity contribution in [2.75, 3.05) is 13.2 Å². The van der Waals surface area contributed by atoms with Crippen LogP contribution in [0.25, 0.3) is 10.9 Å². The maximum absolute atomic E-state index is 13.6. The van der Waals surface area contributed by atoms with Crippen molar-refractivity contribution in [2.24, 2.45) is 11.8 Å². The van der Waals surface area contributed by atoms with Crippen molar-refractivity contribution in [3.05, 3.63) is 47.4 Å². The molecule has 1 aromatic heterocycles. The van der Waals surface area contributed by atoms with E-state index in [-0.39, 0.29) is 23.8 Å². The number of aliphatic hydroxyl groups is 4. The van der Waals surface area contributed by atoms with Gasteiger partial charge in [-0.2, -0.15) is 0 Å². The van der Waals surface area contributed by atoms with Crippen LogP contribution in [0, 0.1) is 11.8 Å². The number of nitrogens with zero attached hydrogens (tertiary/aromatic N) is 1. The number of hydrogen-bond donors (Lipinski definition) is 5. The third kappa shape index (κ3) is 3.59. The number of benzene rings is 1. The molecule has 2 aromatic rings. The molecule has 5 heterocycles. The molecule has 5 N–H and O–H groups in total. The first-order valence-corrected chi connectivity index (χ1v) is 12.6. The number of piperidine rings is 1. The second-order valence-corrected chi connectivity index (χ2v) is 10.2. The Labute approximate surface area is 208 Å². The number of aromatic nitrogens is 1. The highest BCUT2D eigenvalue weighted by Crippen LogP contribution is 2.48. The van der Waals surface area contributed by atoms with Gasteiger partial charge in [0.25, 0.3) is 5.91 Å². The number of fused-ring (bicyclic) bond motifs is 6. The molecular formula is C26H32N2O8. The molecule has 1 amide bonds. The smallest absolute Gasteiger partial charge is 0.253 e. The van der Waals surface area contributed by atoms with Crippen LogP contribution in [0.15, 0.2) is 36.1 Å². The van der Waals surface area contributed by atoms with Crippen LogP contribution in [0.4, 0.5) is 0 Å². The number of rotatable bonds is 4. The second-order valence-electron chi connectivity index (χ2n) is 10.2. The van der Waals surface area contributed by atoms with E-state index in [0.717, 1.165) is 17.6 Å². The molecule has 9 atom stereocenters. The molecule has 10 heteroatoms. The minimum absolute atomic E-state index is 0.0368. The fourth-order valence-corrected chi connectivity index (χ4v) is 6.39. The summed E-state index contributed by atoms with van der Waals surface area (Å²) in [6.45, 7) is 2.09. The fourth-order valence-electron chi connectivity index (χ4n) is 6.39. The third-order valence-corrected chi connectivity index (χ3v) is 8.33. The molecule has 4 aliphatic heterocycles. The molecule has 6 rings (SSSR count). The lowest BCUT2D eigenvalue weighted by atomic mass is 9.73. The predicted molar refractivity (Wildman–Crippen MR) is 126 cm³/mol. The van der Waals surface area contributed by atoms with Gasteiger partial charge in [-0.3, -0.25) is 4.79 Å². The second kappa shape index (κ2) is 9.13. The SMILES string of the molecule is CCC1C(O[C@H]2O[C@@H](CO)[C@H](O)[C@@H](O)[C@@H]2O)OC=C2C(=O)N3CCc4c([nH]c5ccccc45)C3CC21. The molecule has 10 nitrogen and oxygen atoms in total. The van der Waals surface area contributed by atoms with Crippen LogP contribution in [-0.2, 0) is 25.4 Å². The molecule has 36 heavy (non-hydrogen) atoms. The van der Waals surface area contributed by atoms with Crippen molar-refractivity contribution in [1.82, 2.24) is 9.88 Å². The zero-order valence-corrected chi connectivity index (χ0v) is 20.0. The molecule has 0 aliphatic carbocycles. The Kier molecular flexibility index (Phi) is 6.06. The number of aromatic amines is 1. The highest BCUT2D eigenvalue weighted by Gasteiger charge is 2.51. The van der Waals surface area contributed by atoms with Crippen LogP contribution >= 0.6 is 0 Å². The highest BCUT2D eigenvalue weighted by atomic mass is 16.8. The lowest BCUT2D eigenvalue weighted by Gasteiger charge is -2.48. The summed E-state index contributed by atoms with van der Waals surface area (Å²) in [5.41, 5.74) is 4.04. The minimum Gasteiger partial charge on any atom is -0.472 e. The number of carbonyl (C=O) groups is 1. The predicted octanol–water partition coefficient (Wildman–Crippen LogP) is 0.697. The molecule has 194 valence electrons. The molecule has 2 fully saturated rings. The maximum atomic E-state index is 13.6. The summed E-state index contributed by atoms with van der Waals surface area (Å²) in [4.78, 5) is 19.0. The van der Waals surface area contributed by atoms with Gasteiger partial charge in [0, 0.05) is 35.0 Å². The van der Waals surface area contributed by atoms with Crippen molar-refractivity contribution >= 4 is 16.8 Å². The van der Waals surface area contributed by atoms with Crippen LogP contribution < -0.4 is 0 Å². The summed E-state index contributed by atoms with van der Waals surface area (Å²) in [5, 5.41) is 41.3. The fraction of sp³-hybridized carbons (Fsp3) is 0.577. The highest BCUT2D eigenvalue weighted by molar-refractivity contribution is 5.96. The number of H-pyrrole nitrogens is 1. The van der Waals surface area contributed by atoms with E-state index >= 15 is 0 Å². The Morgan fingerprint density at radius 2 is 1.94 bits per heavy atom. The van der Waals surface area contributed by atoms with Gasteiger partial charge < -0.3 is 44.5 Å². The zero-order chi connectivity index (χ0) is 25.1. The number of hydrogen-bond acceptors (Lipinski definition) is 8. The van der Waals surface area contributed by atoms with Gasteiger partial charge in [0.05, 0.1) is 24.5 Å². The van der Waals surface area contributed by atoms with E-state index in [1.807, 2.05) is 24.0 Å². The molecule has 0 bridgehead atoms. The summed E-state index contributed by atoms with van der Waals surface area (Å²) in [7, 11) is 0. The van der Waals surface area contributed by atoms with E-state index in [9.17, 15) is 25.2 Å². The third-order valence-electron chi connectivity index (χ3n) is 8.33. The molecule has 0 saturated carbocycles. The van der Waals surface area contributed by atoms with Crippen molar-refractivity contribution in [3.8, 4) is 0 Å². The van der Waals surface area contributed by atoms with Gasteiger partial charge in [-0.05, 0) is 30.9 Å². The zero-order valence-electron chi connectivity index (χ0n) is 20.0. The number of carbonyl (C=O) groups excluding carboxylic acids is 1. The van der Waals surface area contributed by atoms with Crippen molar-refractivity contribution in [3.63, 3.8) is 0 Å². The topological polar surface area (TPSA) is 145 Å². The first-order valence-electron chi connectivity index (χ1n) is 12.6. The van der Waals surface area contributed by atoms with Gasteiger partial charge in [-0.15, -0.1) is 0 Å². The Balaban J connectivity index is 1.28. The first kappa shape index (κ1) is 23.9. The van der Waals surface area contributed by atoms with Gasteiger partial charge in [0.2, 0.25) is 6.29 Å². The van der Waals surface area contributed by atoms with Crippen LogP contribution in [0.2, 0.25) is 0 Å². The van der Waals surface area contributed by atoms with E-state index in [1.165, 1.54) is 17.2 Å². The summed E-state index contributed by atoms with van der Waals surface area (Å²) < 4.78 is 17.4. The largest absolute Gasteiger partial charge is 0.472 e. The number of para-hydroxylation sites is 1. The van der Waals surface area contributed by atoms with Crippen molar-refractivity contribution in [1.29, 1.82) is 0 Å². The quantitative estimate of drug-likeness (QED) is 0.413. The van der Waals surface area contributed by atoms with Crippen molar-refractivity contribution < 1.29 is 39.4 Å². The Hall–Kier alpha value is -2.47. The van der Waals surface area contributed by atoms with E-state index < -0.39 is 43.6 Å². The maximum Gasteiger partial charge on any atom is 0.253 e. The standard InChI is InChI=1S/C26H32N2O8/c1-2-12-15-9-18-20-14(13-5-3-4-6-17(13)27-20)7-8-28(18)24(33)16(15)11-34-25(12)36-26-23(32)22(31)21(30)19(10-29)35-26/h3-6,11-12,15,18-19,21-23,25-27,29-32H,2,7-10H2,1H3/t12?,15?,18?,19-,21-,22+,23-,25?,26+/m0/s1. The first-order chi connectivity index (χ1) is 17.4. The molecule has 4 aliphatic rings. The molecule has 0 spiro atoms. The van der Waals surface area contributed by atoms with E-state index in [0.29, 0.717) is 25.0 Å². The van der Waals surface area contributed by atoms with Gasteiger partial charge in [0.15, 0.2) is 6.29 Å². The molecule has 2 saturated heterocycles. The Morgan fingerprint density at radius 3 is 2.72 bits per heavy atom. The molecule has 0 radical (unpaired) electrons. The number of nitrogens with one attached hydrogen (secondary N) is 1. The summed E-state index contributed by atoms with van der Waals surface area (Å²) in [6, 6.07) is 8.12. The number of ether oxygens (including phenoxy) is 3. The minimum atomic E-state index is -1.54. The normalized spacial score (nSPS) is 38.1. The van der Waals surface area contributed by atoms with Gasteiger partial charge in [-0.25, -0.2) is 0 Å². The molecular weight excluding hydrogens is 468 g/mol. The van der Waals surface area contributed by atoms with Gasteiger partial charge >= 0.3 is 0 Å². The monoisotopic (exact) mass is 500 g/mol. The number of amides is 1. The Bertz CT molecular complexity index is 1180. The average molecular weight is 501 g/mol. The van der Waals surface area contributed by atoms with Gasteiger partial charge in [0.1, 0.15) is 24.4 Å². The van der Waals surface area contributed by atoms with Crippen LogP contribution in [0.3, 0.4) is 0 Å².